The fourth-order valence-electron chi connectivity index (χ4n) is 0.691. The standard InChI is InChI=1S/C8H13F3O3S/c1-2-4-14-7(12)6-15(13)5-3-8(9,10)11/h2-6H2,1H3. The number of carbonyl (C=O) groups is 1. The van der Waals surface area contributed by atoms with Crippen molar-refractivity contribution in [3.05, 3.63) is 0 Å². The van der Waals surface area contributed by atoms with Crippen LogP contribution >= 0.6 is 0 Å². The second kappa shape index (κ2) is 6.81. The molecule has 1 unspecified atom stereocenters. The number of alkyl halides is 3. The van der Waals surface area contributed by atoms with Gasteiger partial charge in [-0.1, -0.05) is 6.92 Å². The Morgan fingerprint density at radius 3 is 2.47 bits per heavy atom. The molecule has 15 heavy (non-hydrogen) atoms. The molecule has 0 heterocycles. The van der Waals surface area contributed by atoms with Crippen LogP contribution in [0.1, 0.15) is 19.8 Å². The second-order valence-corrected chi connectivity index (χ2v) is 4.45. The molecule has 90 valence electrons. The summed E-state index contributed by atoms with van der Waals surface area (Å²) >= 11 is 0. The lowest BCUT2D eigenvalue weighted by atomic mass is 10.5. The smallest absolute Gasteiger partial charge is 0.390 e. The summed E-state index contributed by atoms with van der Waals surface area (Å²) in [5.74, 6) is -1.72. The minimum absolute atomic E-state index is 0.204. The summed E-state index contributed by atoms with van der Waals surface area (Å²) in [6, 6.07) is 0. The summed E-state index contributed by atoms with van der Waals surface area (Å²) < 4.78 is 50.7. The molecule has 0 fully saturated rings. The van der Waals surface area contributed by atoms with Gasteiger partial charge >= 0.3 is 12.1 Å². The van der Waals surface area contributed by atoms with Crippen molar-refractivity contribution in [3.63, 3.8) is 0 Å². The van der Waals surface area contributed by atoms with Crippen molar-refractivity contribution in [3.8, 4) is 0 Å². The Hall–Kier alpha value is -0.590. The normalized spacial score (nSPS) is 13.6. The fraction of sp³-hybridized carbons (Fsp3) is 0.875. The Kier molecular flexibility index (Phi) is 6.55. The molecule has 3 nitrogen and oxygen atoms in total. The summed E-state index contributed by atoms with van der Waals surface area (Å²) in [4.78, 5) is 10.8. The molecule has 0 saturated heterocycles. The van der Waals surface area contributed by atoms with Gasteiger partial charge in [-0.05, 0) is 6.42 Å². The van der Waals surface area contributed by atoms with E-state index in [0.29, 0.717) is 6.42 Å². The van der Waals surface area contributed by atoms with Crippen LogP contribution in [0.4, 0.5) is 13.2 Å². The summed E-state index contributed by atoms with van der Waals surface area (Å²) in [6.07, 6.45) is -4.84. The number of hydrogen-bond donors (Lipinski definition) is 0. The van der Waals surface area contributed by atoms with Crippen molar-refractivity contribution >= 4 is 16.8 Å². The third-order valence-electron chi connectivity index (χ3n) is 1.36. The zero-order chi connectivity index (χ0) is 11.9. The molecule has 1 atom stereocenters. The average Bonchev–Trinajstić information content (AvgIpc) is 2.10. The lowest BCUT2D eigenvalue weighted by Crippen LogP contribution is -2.19. The van der Waals surface area contributed by atoms with Gasteiger partial charge in [0.15, 0.2) is 0 Å². The molecule has 0 aromatic heterocycles. The van der Waals surface area contributed by atoms with Crippen LogP contribution in [0.3, 0.4) is 0 Å². The third kappa shape index (κ3) is 9.71. The first-order valence-corrected chi connectivity index (χ1v) is 5.91. The van der Waals surface area contributed by atoms with Crippen LogP contribution in [-0.2, 0) is 20.3 Å². The summed E-state index contributed by atoms with van der Waals surface area (Å²) in [7, 11) is -1.79. The van der Waals surface area contributed by atoms with E-state index in [2.05, 4.69) is 4.74 Å². The van der Waals surface area contributed by atoms with E-state index in [1.165, 1.54) is 0 Å². The van der Waals surface area contributed by atoms with Crippen LogP contribution in [0.15, 0.2) is 0 Å². The zero-order valence-corrected chi connectivity index (χ0v) is 9.12. The molecule has 0 saturated carbocycles. The van der Waals surface area contributed by atoms with E-state index in [1.54, 1.807) is 6.92 Å². The Morgan fingerprint density at radius 1 is 1.40 bits per heavy atom. The van der Waals surface area contributed by atoms with Gasteiger partial charge in [0.1, 0.15) is 5.75 Å². The summed E-state index contributed by atoms with van der Waals surface area (Å²) in [5.41, 5.74) is 0. The van der Waals surface area contributed by atoms with Gasteiger partial charge in [0.05, 0.1) is 13.0 Å². The molecule has 0 bridgehead atoms. The first-order chi connectivity index (χ1) is 6.85. The highest BCUT2D eigenvalue weighted by molar-refractivity contribution is 7.85. The Bertz CT molecular complexity index is 228. The highest BCUT2D eigenvalue weighted by Gasteiger charge is 2.28. The van der Waals surface area contributed by atoms with Gasteiger partial charge in [0.2, 0.25) is 0 Å². The first kappa shape index (κ1) is 14.4. The molecule has 0 aromatic rings. The maximum Gasteiger partial charge on any atom is 0.390 e. The highest BCUT2D eigenvalue weighted by Crippen LogP contribution is 2.19. The molecule has 0 aromatic carbocycles. The zero-order valence-electron chi connectivity index (χ0n) is 8.30. The van der Waals surface area contributed by atoms with Gasteiger partial charge in [-0.2, -0.15) is 13.2 Å². The van der Waals surface area contributed by atoms with Crippen LogP contribution in [0, 0.1) is 0 Å². The maximum absolute atomic E-state index is 11.7. The SMILES string of the molecule is CCCOC(=O)CS(=O)CCC(F)(F)F. The molecule has 0 spiro atoms. The predicted octanol–water partition coefficient (Wildman–Crippen LogP) is 1.64. The van der Waals surface area contributed by atoms with E-state index in [0.717, 1.165) is 0 Å². The lowest BCUT2D eigenvalue weighted by molar-refractivity contribution is -0.140. The molecular weight excluding hydrogens is 233 g/mol. The molecule has 0 N–H and O–H groups in total. The van der Waals surface area contributed by atoms with Gasteiger partial charge in [0, 0.05) is 16.6 Å². The molecule has 7 heteroatoms. The van der Waals surface area contributed by atoms with E-state index in [1.807, 2.05) is 0 Å². The average molecular weight is 246 g/mol. The Labute approximate surface area is 88.4 Å². The summed E-state index contributed by atoms with van der Waals surface area (Å²) in [5, 5.41) is 0. The van der Waals surface area contributed by atoms with Crippen LogP contribution in [0.2, 0.25) is 0 Å². The molecular formula is C8H13F3O3S. The molecule has 0 rings (SSSR count). The number of esters is 1. The van der Waals surface area contributed by atoms with Crippen LogP contribution < -0.4 is 0 Å². The van der Waals surface area contributed by atoms with Gasteiger partial charge in [-0.15, -0.1) is 0 Å². The summed E-state index contributed by atoms with van der Waals surface area (Å²) in [6.45, 7) is 1.99. The minimum Gasteiger partial charge on any atom is -0.465 e. The Balaban J connectivity index is 3.70. The molecule has 0 aliphatic carbocycles. The molecule has 0 amide bonds. The third-order valence-corrected chi connectivity index (χ3v) is 2.58. The van der Waals surface area contributed by atoms with Crippen molar-refractivity contribution in [1.82, 2.24) is 0 Å². The van der Waals surface area contributed by atoms with Crippen LogP contribution in [0.25, 0.3) is 0 Å². The number of carbonyl (C=O) groups excluding carboxylic acids is 1. The number of ether oxygens (including phenoxy) is 1. The van der Waals surface area contributed by atoms with E-state index in [-0.39, 0.29) is 6.61 Å². The quantitative estimate of drug-likeness (QED) is 0.669. The molecule has 0 aliphatic rings. The monoisotopic (exact) mass is 246 g/mol. The van der Waals surface area contributed by atoms with Gasteiger partial charge in [-0.25, -0.2) is 0 Å². The van der Waals surface area contributed by atoms with Crippen LogP contribution in [0.5, 0.6) is 0 Å². The van der Waals surface area contributed by atoms with Crippen molar-refractivity contribution in [1.29, 1.82) is 0 Å². The number of hydrogen-bond acceptors (Lipinski definition) is 3. The van der Waals surface area contributed by atoms with Gasteiger partial charge in [-0.3, -0.25) is 9.00 Å². The number of halogens is 3. The fourth-order valence-corrected chi connectivity index (χ4v) is 1.64. The molecule has 0 aliphatic heterocycles. The van der Waals surface area contributed by atoms with Gasteiger partial charge in [0.25, 0.3) is 0 Å². The van der Waals surface area contributed by atoms with Crippen molar-refractivity contribution in [2.75, 3.05) is 18.1 Å². The predicted molar refractivity (Wildman–Crippen MR) is 49.8 cm³/mol. The number of rotatable bonds is 6. The first-order valence-electron chi connectivity index (χ1n) is 4.42. The second-order valence-electron chi connectivity index (χ2n) is 2.87. The Morgan fingerprint density at radius 2 is 2.00 bits per heavy atom. The maximum atomic E-state index is 11.7. The molecule has 0 radical (unpaired) electrons. The van der Waals surface area contributed by atoms with Crippen LogP contribution in [-0.4, -0.2) is 34.5 Å². The van der Waals surface area contributed by atoms with Crippen molar-refractivity contribution < 1.29 is 26.9 Å². The van der Waals surface area contributed by atoms with E-state index in [4.69, 9.17) is 0 Å². The van der Waals surface area contributed by atoms with E-state index < -0.39 is 40.9 Å². The van der Waals surface area contributed by atoms with E-state index >= 15 is 0 Å². The largest absolute Gasteiger partial charge is 0.465 e. The van der Waals surface area contributed by atoms with Gasteiger partial charge < -0.3 is 4.74 Å². The highest BCUT2D eigenvalue weighted by atomic mass is 32.2. The van der Waals surface area contributed by atoms with E-state index in [9.17, 15) is 22.2 Å². The minimum atomic E-state index is -4.33. The van der Waals surface area contributed by atoms with Crippen molar-refractivity contribution in [2.24, 2.45) is 0 Å². The lowest BCUT2D eigenvalue weighted by Gasteiger charge is -2.06. The topological polar surface area (TPSA) is 43.4 Å². The van der Waals surface area contributed by atoms with Crippen molar-refractivity contribution in [2.45, 2.75) is 25.9 Å².